The number of amides is 1. The van der Waals surface area contributed by atoms with E-state index in [2.05, 4.69) is 5.32 Å². The summed E-state index contributed by atoms with van der Waals surface area (Å²) in [5.41, 5.74) is -0.820. The summed E-state index contributed by atoms with van der Waals surface area (Å²) in [6.07, 6.45) is 1.06. The summed E-state index contributed by atoms with van der Waals surface area (Å²) >= 11 is 7.41. The number of carbonyl (C=O) groups excluding carboxylic acids is 1. The maximum atomic E-state index is 11.6. The van der Waals surface area contributed by atoms with Crippen LogP contribution in [0.2, 0.25) is 5.02 Å². The van der Waals surface area contributed by atoms with E-state index in [1.54, 1.807) is 18.7 Å². The molecule has 0 aliphatic heterocycles. The summed E-state index contributed by atoms with van der Waals surface area (Å²) < 4.78 is 0. The van der Waals surface area contributed by atoms with E-state index < -0.39 is 5.60 Å². The number of hydrogen-bond acceptors (Lipinski definition) is 3. The lowest BCUT2D eigenvalue weighted by Gasteiger charge is -2.21. The van der Waals surface area contributed by atoms with Gasteiger partial charge in [0.2, 0.25) is 5.91 Å². The third kappa shape index (κ3) is 6.85. The largest absolute Gasteiger partial charge is 0.388 e. The standard InChI is InChI=1S/C14H20ClNO2S/c1-3-14(2,18)10-16-13(17)8-9-19-12-6-4-11(15)5-7-12/h4-7,18H,3,8-10H2,1-2H3,(H,16,17). The molecule has 0 aromatic heterocycles. The van der Waals surface area contributed by atoms with Crippen molar-refractivity contribution in [3.8, 4) is 0 Å². The maximum absolute atomic E-state index is 11.6. The van der Waals surface area contributed by atoms with Gasteiger partial charge in [0.1, 0.15) is 0 Å². The number of hydrogen-bond donors (Lipinski definition) is 2. The molecule has 19 heavy (non-hydrogen) atoms. The van der Waals surface area contributed by atoms with E-state index in [0.717, 1.165) is 4.90 Å². The maximum Gasteiger partial charge on any atom is 0.220 e. The van der Waals surface area contributed by atoms with Crippen molar-refractivity contribution in [3.63, 3.8) is 0 Å². The average Bonchev–Trinajstić information content (AvgIpc) is 2.39. The minimum absolute atomic E-state index is 0.0322. The Kier molecular flexibility index (Phi) is 6.69. The molecular formula is C14H20ClNO2S. The molecule has 5 heteroatoms. The van der Waals surface area contributed by atoms with Gasteiger partial charge >= 0.3 is 0 Å². The number of nitrogens with one attached hydrogen (secondary N) is 1. The Hall–Kier alpha value is -0.710. The molecular weight excluding hydrogens is 282 g/mol. The topological polar surface area (TPSA) is 49.3 Å². The summed E-state index contributed by atoms with van der Waals surface area (Å²) in [6, 6.07) is 7.55. The Labute approximate surface area is 123 Å². The highest BCUT2D eigenvalue weighted by Gasteiger charge is 2.17. The molecule has 1 rings (SSSR count). The van der Waals surface area contributed by atoms with Crippen LogP contribution >= 0.6 is 23.4 Å². The highest BCUT2D eigenvalue weighted by Crippen LogP contribution is 2.20. The van der Waals surface area contributed by atoms with E-state index in [1.165, 1.54) is 0 Å². The Morgan fingerprint density at radius 1 is 1.42 bits per heavy atom. The minimum atomic E-state index is -0.820. The highest BCUT2D eigenvalue weighted by molar-refractivity contribution is 7.99. The third-order valence-corrected chi connectivity index (χ3v) is 4.11. The molecule has 0 fully saturated rings. The molecule has 2 N–H and O–H groups in total. The number of thioether (sulfide) groups is 1. The second kappa shape index (κ2) is 7.78. The third-order valence-electron chi connectivity index (χ3n) is 2.84. The first-order valence-corrected chi connectivity index (χ1v) is 7.67. The Morgan fingerprint density at radius 2 is 2.05 bits per heavy atom. The van der Waals surface area contributed by atoms with Crippen molar-refractivity contribution in [2.45, 2.75) is 37.2 Å². The fourth-order valence-electron chi connectivity index (χ4n) is 1.29. The Morgan fingerprint density at radius 3 is 2.63 bits per heavy atom. The molecule has 0 saturated carbocycles. The van der Waals surface area contributed by atoms with Gasteiger partial charge in [0.05, 0.1) is 5.60 Å². The molecule has 106 valence electrons. The van der Waals surface area contributed by atoms with Crippen LogP contribution in [-0.2, 0) is 4.79 Å². The van der Waals surface area contributed by atoms with Crippen LogP contribution in [0.3, 0.4) is 0 Å². The highest BCUT2D eigenvalue weighted by atomic mass is 35.5. The van der Waals surface area contributed by atoms with Gasteiger partial charge in [0, 0.05) is 28.6 Å². The molecule has 3 nitrogen and oxygen atoms in total. The molecule has 0 bridgehead atoms. The lowest BCUT2D eigenvalue weighted by Crippen LogP contribution is -2.40. The van der Waals surface area contributed by atoms with Crippen molar-refractivity contribution in [1.29, 1.82) is 0 Å². The summed E-state index contributed by atoms with van der Waals surface area (Å²) in [4.78, 5) is 12.7. The zero-order valence-corrected chi connectivity index (χ0v) is 12.9. The van der Waals surface area contributed by atoms with Crippen LogP contribution in [-0.4, -0.2) is 28.9 Å². The van der Waals surface area contributed by atoms with Gasteiger partial charge in [0.25, 0.3) is 0 Å². The first kappa shape index (κ1) is 16.3. The number of benzene rings is 1. The van der Waals surface area contributed by atoms with Gasteiger partial charge < -0.3 is 10.4 Å². The summed E-state index contributed by atoms with van der Waals surface area (Å²) in [5.74, 6) is 0.678. The van der Waals surface area contributed by atoms with Crippen molar-refractivity contribution >= 4 is 29.3 Å². The van der Waals surface area contributed by atoms with Gasteiger partial charge in [-0.25, -0.2) is 0 Å². The molecule has 0 heterocycles. The van der Waals surface area contributed by atoms with Crippen LogP contribution in [0, 0.1) is 0 Å². The van der Waals surface area contributed by atoms with Crippen LogP contribution in [0.5, 0.6) is 0 Å². The monoisotopic (exact) mass is 301 g/mol. The van der Waals surface area contributed by atoms with Crippen molar-refractivity contribution < 1.29 is 9.90 Å². The molecule has 0 spiro atoms. The molecule has 1 aromatic carbocycles. The van der Waals surface area contributed by atoms with E-state index in [0.29, 0.717) is 30.2 Å². The summed E-state index contributed by atoms with van der Waals surface area (Å²) in [7, 11) is 0. The van der Waals surface area contributed by atoms with Gasteiger partial charge in [-0.15, -0.1) is 11.8 Å². The van der Waals surface area contributed by atoms with Gasteiger partial charge in [-0.3, -0.25) is 4.79 Å². The van der Waals surface area contributed by atoms with Crippen molar-refractivity contribution in [1.82, 2.24) is 5.32 Å². The molecule has 0 aliphatic rings. The van der Waals surface area contributed by atoms with Crippen molar-refractivity contribution in [2.75, 3.05) is 12.3 Å². The number of carbonyl (C=O) groups is 1. The fraction of sp³-hybridized carbons (Fsp3) is 0.500. The predicted octanol–water partition coefficient (Wildman–Crippen LogP) is 3.10. The molecule has 1 unspecified atom stereocenters. The molecule has 1 amide bonds. The second-order valence-corrected chi connectivity index (χ2v) is 6.28. The lowest BCUT2D eigenvalue weighted by molar-refractivity contribution is -0.121. The van der Waals surface area contributed by atoms with Crippen LogP contribution < -0.4 is 5.32 Å². The molecule has 0 aliphatic carbocycles. The fourth-order valence-corrected chi connectivity index (χ4v) is 2.27. The zero-order chi connectivity index (χ0) is 14.3. The first-order valence-electron chi connectivity index (χ1n) is 6.30. The quantitative estimate of drug-likeness (QED) is 0.761. The van der Waals surface area contributed by atoms with Gasteiger partial charge in [-0.05, 0) is 37.6 Å². The van der Waals surface area contributed by atoms with E-state index >= 15 is 0 Å². The molecule has 0 saturated heterocycles. The van der Waals surface area contributed by atoms with Crippen LogP contribution in [0.4, 0.5) is 0 Å². The van der Waals surface area contributed by atoms with E-state index in [9.17, 15) is 9.90 Å². The smallest absolute Gasteiger partial charge is 0.220 e. The normalized spacial score (nSPS) is 13.9. The molecule has 1 aromatic rings. The van der Waals surface area contributed by atoms with E-state index in [4.69, 9.17) is 11.6 Å². The zero-order valence-electron chi connectivity index (χ0n) is 11.3. The summed E-state index contributed by atoms with van der Waals surface area (Å²) in [5, 5.41) is 13.2. The molecule has 0 radical (unpaired) electrons. The van der Waals surface area contributed by atoms with Gasteiger partial charge in [-0.2, -0.15) is 0 Å². The predicted molar refractivity (Wildman–Crippen MR) is 80.7 cm³/mol. The summed E-state index contributed by atoms with van der Waals surface area (Å²) in [6.45, 7) is 3.91. The first-order chi connectivity index (χ1) is 8.93. The van der Waals surface area contributed by atoms with Gasteiger partial charge in [0.15, 0.2) is 0 Å². The average molecular weight is 302 g/mol. The number of aliphatic hydroxyl groups is 1. The van der Waals surface area contributed by atoms with Crippen LogP contribution in [0.15, 0.2) is 29.2 Å². The van der Waals surface area contributed by atoms with Crippen molar-refractivity contribution in [2.24, 2.45) is 0 Å². The van der Waals surface area contributed by atoms with Crippen LogP contribution in [0.1, 0.15) is 26.7 Å². The van der Waals surface area contributed by atoms with Crippen LogP contribution in [0.25, 0.3) is 0 Å². The minimum Gasteiger partial charge on any atom is -0.388 e. The molecule has 1 atom stereocenters. The SMILES string of the molecule is CCC(C)(O)CNC(=O)CCSc1ccc(Cl)cc1. The van der Waals surface area contributed by atoms with E-state index in [1.807, 2.05) is 31.2 Å². The lowest BCUT2D eigenvalue weighted by atomic mass is 10.0. The van der Waals surface area contributed by atoms with Gasteiger partial charge in [-0.1, -0.05) is 18.5 Å². The van der Waals surface area contributed by atoms with E-state index in [-0.39, 0.29) is 5.91 Å². The second-order valence-electron chi connectivity index (χ2n) is 4.68. The Bertz CT molecular complexity index is 406. The number of rotatable bonds is 7. The number of halogens is 1. The van der Waals surface area contributed by atoms with Crippen molar-refractivity contribution in [3.05, 3.63) is 29.3 Å². The Balaban J connectivity index is 2.22.